The Morgan fingerprint density at radius 2 is 1.81 bits per heavy atom. The smallest absolute Gasteiger partial charge is 0.418 e. The Labute approximate surface area is 120 Å². The molecule has 0 bridgehead atoms. The van der Waals surface area contributed by atoms with Crippen molar-refractivity contribution in [1.29, 1.82) is 0 Å². The molecule has 0 saturated heterocycles. The Kier molecular flexibility index (Phi) is 4.26. The van der Waals surface area contributed by atoms with E-state index in [1.165, 1.54) is 12.1 Å². The molecule has 3 nitrogen and oxygen atoms in total. The Balaban J connectivity index is 2.41. The number of benzene rings is 2. The van der Waals surface area contributed by atoms with Crippen LogP contribution in [0.4, 0.5) is 30.2 Å². The topological polar surface area (TPSA) is 47.3 Å². The van der Waals surface area contributed by atoms with E-state index in [4.69, 9.17) is 10.5 Å². The Morgan fingerprint density at radius 3 is 2.48 bits per heavy atom. The molecule has 112 valence electrons. The standard InChI is InChI=1S/C15H15F3N2O/c1-2-21-14-6-4-3-5-13(14)20-12-8-7-10(19)9-11(12)15(16,17)18/h3-9,20H,2,19H2,1H3. The minimum atomic E-state index is -4.49. The number of nitrogens with one attached hydrogen (secondary N) is 1. The van der Waals surface area contributed by atoms with Crippen LogP contribution in [0.25, 0.3) is 0 Å². The second kappa shape index (κ2) is 5.95. The molecule has 0 spiro atoms. The van der Waals surface area contributed by atoms with Gasteiger partial charge in [0.05, 0.1) is 23.5 Å². The average Bonchev–Trinajstić information content (AvgIpc) is 2.42. The molecule has 0 aliphatic carbocycles. The lowest BCUT2D eigenvalue weighted by Crippen LogP contribution is -2.10. The van der Waals surface area contributed by atoms with E-state index >= 15 is 0 Å². The lowest BCUT2D eigenvalue weighted by Gasteiger charge is -2.17. The van der Waals surface area contributed by atoms with Crippen LogP contribution in [-0.2, 0) is 6.18 Å². The van der Waals surface area contributed by atoms with Gasteiger partial charge in [0.2, 0.25) is 0 Å². The molecule has 0 radical (unpaired) electrons. The van der Waals surface area contributed by atoms with Crippen molar-refractivity contribution in [2.75, 3.05) is 17.7 Å². The highest BCUT2D eigenvalue weighted by molar-refractivity contribution is 5.70. The summed E-state index contributed by atoms with van der Waals surface area (Å²) in [5.74, 6) is 0.491. The van der Waals surface area contributed by atoms with Gasteiger partial charge in [0.25, 0.3) is 0 Å². The van der Waals surface area contributed by atoms with Crippen LogP contribution in [0.15, 0.2) is 42.5 Å². The van der Waals surface area contributed by atoms with E-state index in [1.807, 2.05) is 0 Å². The zero-order valence-electron chi connectivity index (χ0n) is 11.4. The monoisotopic (exact) mass is 296 g/mol. The van der Waals surface area contributed by atoms with Crippen molar-refractivity contribution in [2.45, 2.75) is 13.1 Å². The number of halogens is 3. The molecule has 0 saturated carbocycles. The van der Waals surface area contributed by atoms with Gasteiger partial charge in [-0.15, -0.1) is 0 Å². The number of rotatable bonds is 4. The molecule has 0 atom stereocenters. The van der Waals surface area contributed by atoms with E-state index < -0.39 is 11.7 Å². The van der Waals surface area contributed by atoms with E-state index in [0.29, 0.717) is 18.0 Å². The third-order valence-electron chi connectivity index (χ3n) is 2.81. The van der Waals surface area contributed by atoms with Gasteiger partial charge >= 0.3 is 6.18 Å². The first kappa shape index (κ1) is 15.0. The molecule has 2 aromatic carbocycles. The number of ether oxygens (including phenoxy) is 1. The van der Waals surface area contributed by atoms with Gasteiger partial charge in [-0.3, -0.25) is 0 Å². The van der Waals surface area contributed by atoms with Crippen LogP contribution in [0.2, 0.25) is 0 Å². The molecule has 0 aliphatic heterocycles. The van der Waals surface area contributed by atoms with Gasteiger partial charge < -0.3 is 15.8 Å². The van der Waals surface area contributed by atoms with Crippen LogP contribution >= 0.6 is 0 Å². The number of para-hydroxylation sites is 2. The summed E-state index contributed by atoms with van der Waals surface area (Å²) >= 11 is 0. The molecule has 0 heterocycles. The summed E-state index contributed by atoms with van der Waals surface area (Å²) in [6.07, 6.45) is -4.49. The highest BCUT2D eigenvalue weighted by atomic mass is 19.4. The fraction of sp³-hybridized carbons (Fsp3) is 0.200. The summed E-state index contributed by atoms with van der Waals surface area (Å²) < 4.78 is 44.5. The van der Waals surface area contributed by atoms with Crippen LogP contribution in [0.3, 0.4) is 0 Å². The average molecular weight is 296 g/mol. The van der Waals surface area contributed by atoms with Crippen molar-refractivity contribution in [3.8, 4) is 5.75 Å². The van der Waals surface area contributed by atoms with Gasteiger partial charge in [-0.25, -0.2) is 0 Å². The Hall–Kier alpha value is -2.37. The summed E-state index contributed by atoms with van der Waals surface area (Å²) in [5, 5.41) is 2.76. The zero-order valence-corrected chi connectivity index (χ0v) is 11.4. The number of hydrogen-bond donors (Lipinski definition) is 2. The van der Waals surface area contributed by atoms with E-state index in [9.17, 15) is 13.2 Å². The molecule has 2 aromatic rings. The largest absolute Gasteiger partial charge is 0.492 e. The van der Waals surface area contributed by atoms with Crippen LogP contribution in [-0.4, -0.2) is 6.61 Å². The molecule has 0 aliphatic rings. The maximum atomic E-state index is 13.1. The highest BCUT2D eigenvalue weighted by Gasteiger charge is 2.33. The van der Waals surface area contributed by atoms with Gasteiger partial charge in [-0.05, 0) is 37.3 Å². The summed E-state index contributed by atoms with van der Waals surface area (Å²) in [7, 11) is 0. The van der Waals surface area contributed by atoms with Crippen molar-refractivity contribution in [1.82, 2.24) is 0 Å². The first-order valence-corrected chi connectivity index (χ1v) is 6.37. The molecular formula is C15H15F3N2O. The lowest BCUT2D eigenvalue weighted by molar-refractivity contribution is -0.136. The number of hydrogen-bond acceptors (Lipinski definition) is 3. The molecule has 2 rings (SSSR count). The van der Waals surface area contributed by atoms with Gasteiger partial charge in [0.1, 0.15) is 5.75 Å². The SMILES string of the molecule is CCOc1ccccc1Nc1ccc(N)cc1C(F)(F)F. The summed E-state index contributed by atoms with van der Waals surface area (Å²) in [6.45, 7) is 2.23. The van der Waals surface area contributed by atoms with Crippen molar-refractivity contribution >= 4 is 17.1 Å². The van der Waals surface area contributed by atoms with Crippen molar-refractivity contribution in [2.24, 2.45) is 0 Å². The van der Waals surface area contributed by atoms with E-state index in [2.05, 4.69) is 5.32 Å². The van der Waals surface area contributed by atoms with Crippen LogP contribution < -0.4 is 15.8 Å². The number of alkyl halides is 3. The second-order valence-corrected chi connectivity index (χ2v) is 4.36. The maximum absolute atomic E-state index is 13.1. The van der Waals surface area contributed by atoms with E-state index in [1.54, 1.807) is 31.2 Å². The predicted molar refractivity (Wildman–Crippen MR) is 76.8 cm³/mol. The van der Waals surface area contributed by atoms with E-state index in [0.717, 1.165) is 6.07 Å². The molecule has 0 unspecified atom stereocenters. The second-order valence-electron chi connectivity index (χ2n) is 4.36. The van der Waals surface area contributed by atoms with Crippen molar-refractivity contribution in [3.05, 3.63) is 48.0 Å². The highest BCUT2D eigenvalue weighted by Crippen LogP contribution is 2.38. The Bertz CT molecular complexity index is 627. The van der Waals surface area contributed by atoms with Crippen LogP contribution in [0, 0.1) is 0 Å². The minimum Gasteiger partial charge on any atom is -0.492 e. The molecule has 21 heavy (non-hydrogen) atoms. The minimum absolute atomic E-state index is 0.0611. The number of anilines is 3. The van der Waals surface area contributed by atoms with Crippen molar-refractivity contribution < 1.29 is 17.9 Å². The molecule has 6 heteroatoms. The van der Waals surface area contributed by atoms with Crippen molar-refractivity contribution in [3.63, 3.8) is 0 Å². The first-order chi connectivity index (χ1) is 9.91. The van der Waals surface area contributed by atoms with Gasteiger partial charge in [0.15, 0.2) is 0 Å². The third-order valence-corrected chi connectivity index (χ3v) is 2.81. The number of nitrogen functional groups attached to an aromatic ring is 1. The number of nitrogens with two attached hydrogens (primary N) is 1. The van der Waals surface area contributed by atoms with Crippen LogP contribution in [0.5, 0.6) is 5.75 Å². The van der Waals surface area contributed by atoms with Gasteiger partial charge in [-0.1, -0.05) is 12.1 Å². The van der Waals surface area contributed by atoms with Gasteiger partial charge in [-0.2, -0.15) is 13.2 Å². The first-order valence-electron chi connectivity index (χ1n) is 6.37. The summed E-state index contributed by atoms with van der Waals surface area (Å²) in [4.78, 5) is 0. The molecule has 3 N–H and O–H groups in total. The fourth-order valence-electron chi connectivity index (χ4n) is 1.90. The van der Waals surface area contributed by atoms with Crippen LogP contribution in [0.1, 0.15) is 12.5 Å². The zero-order chi connectivity index (χ0) is 15.5. The lowest BCUT2D eigenvalue weighted by atomic mass is 10.1. The molecule has 0 aromatic heterocycles. The third kappa shape index (κ3) is 3.59. The molecule has 0 fully saturated rings. The predicted octanol–water partition coefficient (Wildman–Crippen LogP) is 4.43. The van der Waals surface area contributed by atoms with Gasteiger partial charge in [0, 0.05) is 5.69 Å². The summed E-state index contributed by atoms with van der Waals surface area (Å²) in [6, 6.07) is 10.4. The fourth-order valence-corrected chi connectivity index (χ4v) is 1.90. The molecule has 0 amide bonds. The quantitative estimate of drug-likeness (QED) is 0.820. The summed E-state index contributed by atoms with van der Waals surface area (Å²) in [5.41, 5.74) is 5.09. The molecular weight excluding hydrogens is 281 g/mol. The van der Waals surface area contributed by atoms with E-state index in [-0.39, 0.29) is 11.4 Å². The normalized spacial score (nSPS) is 11.2. The Morgan fingerprint density at radius 1 is 1.10 bits per heavy atom. The maximum Gasteiger partial charge on any atom is 0.418 e.